The minimum atomic E-state index is -5.04. The Hall–Kier alpha value is -2.15. The summed E-state index contributed by atoms with van der Waals surface area (Å²) in [5.41, 5.74) is -6.12. The molecule has 3 nitrogen and oxygen atoms in total. The maximum atomic E-state index is 13.7. The second-order valence-corrected chi connectivity index (χ2v) is 10.5. The smallest absolute Gasteiger partial charge is 0.351 e. The predicted molar refractivity (Wildman–Crippen MR) is 136 cm³/mol. The lowest BCUT2D eigenvalue weighted by Crippen LogP contribution is -2.43. The van der Waals surface area contributed by atoms with E-state index in [-0.39, 0.29) is 33.7 Å². The highest BCUT2D eigenvalue weighted by molar-refractivity contribution is 6.48. The van der Waals surface area contributed by atoms with Crippen LogP contribution in [0.25, 0.3) is 5.57 Å². The van der Waals surface area contributed by atoms with E-state index >= 15 is 0 Å². The van der Waals surface area contributed by atoms with Crippen LogP contribution < -0.4 is 10.6 Å². The molecule has 0 aliphatic rings. The number of rotatable bonds is 9. The molecular formula is C25H22Cl3F9N2O. The van der Waals surface area contributed by atoms with E-state index in [9.17, 15) is 44.3 Å². The number of halogens is 12. The van der Waals surface area contributed by atoms with Crippen LogP contribution in [-0.2, 0) is 12.6 Å². The molecule has 1 amide bonds. The fraction of sp³-hybridized carbons (Fsp3) is 0.400. The van der Waals surface area contributed by atoms with E-state index in [4.69, 9.17) is 34.8 Å². The Kier molecular flexibility index (Phi) is 10.9. The third-order valence-corrected chi connectivity index (χ3v) is 6.89. The number of hydrogen-bond acceptors (Lipinski definition) is 2. The highest BCUT2D eigenvalue weighted by Crippen LogP contribution is 2.40. The number of alkyl halides is 9. The molecule has 15 heteroatoms. The summed E-state index contributed by atoms with van der Waals surface area (Å²) < 4.78 is 121. The average Bonchev–Trinajstić information content (AvgIpc) is 2.80. The molecule has 0 fully saturated rings. The molecule has 0 saturated carbocycles. The summed E-state index contributed by atoms with van der Waals surface area (Å²) in [6.45, 7) is 0.992. The van der Waals surface area contributed by atoms with Gasteiger partial charge in [0.1, 0.15) is 0 Å². The van der Waals surface area contributed by atoms with Crippen LogP contribution in [0.3, 0.4) is 0 Å². The van der Waals surface area contributed by atoms with Gasteiger partial charge in [-0.25, -0.2) is 0 Å². The quantitative estimate of drug-likeness (QED) is 0.163. The summed E-state index contributed by atoms with van der Waals surface area (Å²) in [4.78, 5) is 12.4. The van der Waals surface area contributed by atoms with Crippen LogP contribution in [0.2, 0.25) is 15.1 Å². The predicted octanol–water partition coefficient (Wildman–Crippen LogP) is 8.76. The van der Waals surface area contributed by atoms with Gasteiger partial charge >= 0.3 is 18.5 Å². The minimum Gasteiger partial charge on any atom is -0.351 e. The molecule has 0 heterocycles. The summed E-state index contributed by atoms with van der Waals surface area (Å²) in [7, 11) is 0. The van der Waals surface area contributed by atoms with Gasteiger partial charge in [0.25, 0.3) is 5.91 Å². The molecule has 2 rings (SSSR count). The van der Waals surface area contributed by atoms with Gasteiger partial charge in [-0.1, -0.05) is 46.9 Å². The topological polar surface area (TPSA) is 41.1 Å². The number of allylic oxidation sites excluding steroid dienone is 2. The molecule has 2 aromatic rings. The minimum absolute atomic E-state index is 0.158. The lowest BCUT2D eigenvalue weighted by atomic mass is 9.93. The number of hydrogen-bond donors (Lipinski definition) is 2. The first-order valence-corrected chi connectivity index (χ1v) is 12.5. The first-order chi connectivity index (χ1) is 18.1. The number of amides is 1. The first kappa shape index (κ1) is 34.1. The van der Waals surface area contributed by atoms with Crippen LogP contribution in [0.1, 0.15) is 40.9 Å². The lowest BCUT2D eigenvalue weighted by Gasteiger charge is -2.27. The SMILES string of the molecule is CC(C)(CNCCNC(=O)c1ccc(C/C=C(\c2cc(Cl)c(Cl)c(Cl)c2)C(F)(F)F)cc1C(F)(F)F)C(F)(F)F. The molecule has 2 N–H and O–H groups in total. The van der Waals surface area contributed by atoms with Crippen molar-refractivity contribution in [2.75, 3.05) is 19.6 Å². The Morgan fingerprint density at radius 2 is 1.45 bits per heavy atom. The average molecular weight is 644 g/mol. The van der Waals surface area contributed by atoms with Gasteiger partial charge in [0.05, 0.1) is 37.2 Å². The molecular weight excluding hydrogens is 622 g/mol. The van der Waals surface area contributed by atoms with Crippen molar-refractivity contribution in [3.63, 3.8) is 0 Å². The van der Waals surface area contributed by atoms with Crippen LogP contribution in [0, 0.1) is 5.41 Å². The molecule has 0 aliphatic heterocycles. The fourth-order valence-corrected chi connectivity index (χ4v) is 3.94. The van der Waals surface area contributed by atoms with Crippen molar-refractivity contribution in [3.05, 3.63) is 73.7 Å². The van der Waals surface area contributed by atoms with Gasteiger partial charge < -0.3 is 10.6 Å². The van der Waals surface area contributed by atoms with Gasteiger partial charge in [-0.15, -0.1) is 0 Å². The third kappa shape index (κ3) is 8.92. The Morgan fingerprint density at radius 1 is 0.875 bits per heavy atom. The van der Waals surface area contributed by atoms with Crippen molar-refractivity contribution in [2.24, 2.45) is 5.41 Å². The summed E-state index contributed by atoms with van der Waals surface area (Å²) in [5, 5.41) is 3.98. The molecule has 0 radical (unpaired) electrons. The van der Waals surface area contributed by atoms with Crippen LogP contribution in [-0.4, -0.2) is 37.9 Å². The molecule has 0 unspecified atom stereocenters. The van der Waals surface area contributed by atoms with Crippen LogP contribution in [0.5, 0.6) is 0 Å². The Labute approximate surface area is 238 Å². The van der Waals surface area contributed by atoms with Gasteiger partial charge in [-0.05, 0) is 55.7 Å². The molecule has 0 aromatic heterocycles. The van der Waals surface area contributed by atoms with E-state index in [1.807, 2.05) is 0 Å². The Bertz CT molecular complexity index is 1230. The second kappa shape index (κ2) is 12.8. The molecule has 2 aromatic carbocycles. The van der Waals surface area contributed by atoms with Gasteiger partial charge in [0.2, 0.25) is 0 Å². The summed E-state index contributed by atoms with van der Waals surface area (Å²) in [6, 6.07) is 4.25. The largest absolute Gasteiger partial charge is 0.417 e. The number of carbonyl (C=O) groups is 1. The van der Waals surface area contributed by atoms with Crippen LogP contribution in [0.4, 0.5) is 39.5 Å². The monoisotopic (exact) mass is 642 g/mol. The van der Waals surface area contributed by atoms with Crippen molar-refractivity contribution < 1.29 is 44.3 Å². The maximum absolute atomic E-state index is 13.7. The number of nitrogens with one attached hydrogen (secondary N) is 2. The molecule has 0 saturated heterocycles. The zero-order chi connectivity index (χ0) is 30.7. The van der Waals surface area contributed by atoms with Crippen molar-refractivity contribution in [3.8, 4) is 0 Å². The molecule has 222 valence electrons. The van der Waals surface area contributed by atoms with E-state index in [0.717, 1.165) is 38.1 Å². The summed E-state index contributed by atoms with van der Waals surface area (Å²) in [5.74, 6) is -1.16. The van der Waals surface area contributed by atoms with E-state index < -0.39 is 65.1 Å². The second-order valence-electron chi connectivity index (χ2n) is 9.27. The normalized spacial score (nSPS) is 13.5. The fourth-order valence-electron chi connectivity index (χ4n) is 3.34. The van der Waals surface area contributed by atoms with Crippen LogP contribution in [0.15, 0.2) is 36.4 Å². The lowest BCUT2D eigenvalue weighted by molar-refractivity contribution is -0.209. The zero-order valence-electron chi connectivity index (χ0n) is 20.7. The Balaban J connectivity index is 2.23. The van der Waals surface area contributed by atoms with Crippen molar-refractivity contribution >= 4 is 46.3 Å². The molecule has 0 bridgehead atoms. The van der Waals surface area contributed by atoms with E-state index in [1.54, 1.807) is 0 Å². The highest BCUT2D eigenvalue weighted by Gasteiger charge is 2.46. The van der Waals surface area contributed by atoms with E-state index in [2.05, 4.69) is 10.6 Å². The molecule has 0 atom stereocenters. The summed E-state index contributed by atoms with van der Waals surface area (Å²) >= 11 is 17.4. The maximum Gasteiger partial charge on any atom is 0.417 e. The van der Waals surface area contributed by atoms with Crippen molar-refractivity contribution in [2.45, 2.75) is 38.8 Å². The van der Waals surface area contributed by atoms with Gasteiger partial charge in [0.15, 0.2) is 0 Å². The number of carbonyl (C=O) groups excluding carboxylic acids is 1. The summed E-state index contributed by atoms with van der Waals surface area (Å²) in [6.07, 6.45) is -14.4. The highest BCUT2D eigenvalue weighted by atomic mass is 35.5. The molecule has 0 spiro atoms. The van der Waals surface area contributed by atoms with Crippen molar-refractivity contribution in [1.82, 2.24) is 10.6 Å². The van der Waals surface area contributed by atoms with Gasteiger partial charge in [-0.2, -0.15) is 39.5 Å². The van der Waals surface area contributed by atoms with Gasteiger partial charge in [-0.3, -0.25) is 4.79 Å². The zero-order valence-corrected chi connectivity index (χ0v) is 23.0. The first-order valence-electron chi connectivity index (χ1n) is 11.3. The van der Waals surface area contributed by atoms with Crippen molar-refractivity contribution in [1.29, 1.82) is 0 Å². The van der Waals surface area contributed by atoms with Gasteiger partial charge in [0, 0.05) is 19.6 Å². The number of benzene rings is 2. The van der Waals surface area contributed by atoms with E-state index in [1.165, 1.54) is 0 Å². The molecule has 40 heavy (non-hydrogen) atoms. The Morgan fingerprint density at radius 3 is 1.95 bits per heavy atom. The van der Waals surface area contributed by atoms with E-state index in [0.29, 0.717) is 12.1 Å². The van der Waals surface area contributed by atoms with Crippen LogP contribution >= 0.6 is 34.8 Å². The third-order valence-electron chi connectivity index (χ3n) is 5.70. The standard InChI is InChI=1S/C25H22Cl3F9N2O/c1-22(2,25(35,36)37)12-38-7-8-39-21(40)15-5-3-13(9-17(15)24(32,33)34)4-6-16(23(29,30)31)14-10-18(26)20(28)19(27)11-14/h3,5-6,9-11,38H,4,7-8,12H2,1-2H3,(H,39,40)/b16-6+. The molecule has 0 aliphatic carbocycles.